The Labute approximate surface area is 158 Å². The lowest BCUT2D eigenvalue weighted by Crippen LogP contribution is -2.07. The number of nitrogens with zero attached hydrogens (tertiary/aromatic N) is 5. The Morgan fingerprint density at radius 2 is 1.54 bits per heavy atom. The molecule has 0 aliphatic rings. The SMILES string of the molecule is COc1nc(NCc2ccc(F)cc2)c2nc(-c3ccc(F)cc3)nnc2n1. The number of ether oxygens (including phenoxy) is 1. The van der Waals surface area contributed by atoms with Gasteiger partial charge in [0.15, 0.2) is 17.2 Å². The summed E-state index contributed by atoms with van der Waals surface area (Å²) in [5, 5.41) is 11.3. The van der Waals surface area contributed by atoms with Crippen LogP contribution in [-0.4, -0.2) is 32.3 Å². The summed E-state index contributed by atoms with van der Waals surface area (Å²) in [5.74, 6) is 0.0431. The Balaban J connectivity index is 1.72. The fourth-order valence-electron chi connectivity index (χ4n) is 2.54. The predicted molar refractivity (Wildman–Crippen MR) is 98.6 cm³/mol. The Bertz CT molecular complexity index is 1120. The van der Waals surface area contributed by atoms with Crippen molar-refractivity contribution in [3.63, 3.8) is 0 Å². The smallest absolute Gasteiger partial charge is 0.320 e. The maximum atomic E-state index is 13.2. The van der Waals surface area contributed by atoms with Crippen molar-refractivity contribution in [1.82, 2.24) is 25.1 Å². The maximum absolute atomic E-state index is 13.2. The standard InChI is InChI=1S/C19H14F2N6O/c1-28-19-24-17(22-10-11-2-6-13(20)7-3-11)15-18(25-19)27-26-16(23-15)12-4-8-14(21)9-5-12/h2-9H,10H2,1H3,(H,22,24,25,27). The molecule has 2 heterocycles. The highest BCUT2D eigenvalue weighted by Gasteiger charge is 2.14. The number of halogens is 2. The first kappa shape index (κ1) is 17.7. The highest BCUT2D eigenvalue weighted by Crippen LogP contribution is 2.23. The van der Waals surface area contributed by atoms with E-state index in [0.717, 1.165) is 5.56 Å². The van der Waals surface area contributed by atoms with E-state index >= 15 is 0 Å². The largest absolute Gasteiger partial charge is 0.467 e. The average Bonchev–Trinajstić information content (AvgIpc) is 2.73. The first-order chi connectivity index (χ1) is 13.6. The molecule has 0 spiro atoms. The van der Waals surface area contributed by atoms with Crippen LogP contribution in [-0.2, 0) is 6.54 Å². The normalized spacial score (nSPS) is 10.8. The second-order valence-corrected chi connectivity index (χ2v) is 5.85. The molecule has 0 atom stereocenters. The zero-order chi connectivity index (χ0) is 19.5. The van der Waals surface area contributed by atoms with Gasteiger partial charge in [0, 0.05) is 12.1 Å². The van der Waals surface area contributed by atoms with Crippen LogP contribution in [0.1, 0.15) is 5.56 Å². The van der Waals surface area contributed by atoms with E-state index in [2.05, 4.69) is 30.5 Å². The van der Waals surface area contributed by atoms with Gasteiger partial charge in [-0.2, -0.15) is 9.97 Å². The molecule has 2 aromatic carbocycles. The average molecular weight is 380 g/mol. The van der Waals surface area contributed by atoms with Gasteiger partial charge in [-0.25, -0.2) is 13.8 Å². The number of rotatable bonds is 5. The molecule has 0 amide bonds. The van der Waals surface area contributed by atoms with Crippen molar-refractivity contribution >= 4 is 17.0 Å². The van der Waals surface area contributed by atoms with E-state index < -0.39 is 0 Å². The Kier molecular flexibility index (Phi) is 4.71. The number of aromatic nitrogens is 5. The third-order valence-electron chi connectivity index (χ3n) is 3.96. The van der Waals surface area contributed by atoms with Crippen LogP contribution in [0, 0.1) is 11.6 Å². The number of methoxy groups -OCH3 is 1. The van der Waals surface area contributed by atoms with Crippen LogP contribution < -0.4 is 10.1 Å². The Morgan fingerprint density at radius 1 is 0.857 bits per heavy atom. The molecular formula is C19H14F2N6O. The fraction of sp³-hybridized carbons (Fsp3) is 0.105. The molecule has 0 bridgehead atoms. The van der Waals surface area contributed by atoms with Crippen molar-refractivity contribution in [2.75, 3.05) is 12.4 Å². The summed E-state index contributed by atoms with van der Waals surface area (Å²) >= 11 is 0. The first-order valence-corrected chi connectivity index (χ1v) is 8.33. The van der Waals surface area contributed by atoms with Gasteiger partial charge in [0.05, 0.1) is 7.11 Å². The first-order valence-electron chi connectivity index (χ1n) is 8.33. The lowest BCUT2D eigenvalue weighted by molar-refractivity contribution is 0.382. The van der Waals surface area contributed by atoms with Crippen molar-refractivity contribution in [1.29, 1.82) is 0 Å². The van der Waals surface area contributed by atoms with Crippen LogP contribution in [0.3, 0.4) is 0 Å². The molecule has 0 saturated heterocycles. The van der Waals surface area contributed by atoms with Crippen LogP contribution in [0.2, 0.25) is 0 Å². The van der Waals surface area contributed by atoms with Crippen LogP contribution in [0.15, 0.2) is 48.5 Å². The van der Waals surface area contributed by atoms with Crippen LogP contribution in [0.5, 0.6) is 6.01 Å². The van der Waals surface area contributed by atoms with Crippen molar-refractivity contribution in [3.8, 4) is 17.4 Å². The number of hydrogen-bond donors (Lipinski definition) is 1. The summed E-state index contributed by atoms with van der Waals surface area (Å²) in [7, 11) is 1.44. The van der Waals surface area contributed by atoms with Crippen molar-refractivity contribution in [2.45, 2.75) is 6.54 Å². The van der Waals surface area contributed by atoms with E-state index in [-0.39, 0.29) is 23.3 Å². The monoisotopic (exact) mass is 380 g/mol. The number of nitrogens with one attached hydrogen (secondary N) is 1. The van der Waals surface area contributed by atoms with E-state index in [1.807, 2.05) is 0 Å². The zero-order valence-electron chi connectivity index (χ0n) is 14.7. The van der Waals surface area contributed by atoms with Crippen molar-refractivity contribution < 1.29 is 13.5 Å². The number of fused-ring (bicyclic) bond motifs is 1. The molecule has 0 aliphatic heterocycles. The third-order valence-corrected chi connectivity index (χ3v) is 3.96. The quantitative estimate of drug-likeness (QED) is 0.568. The summed E-state index contributed by atoms with van der Waals surface area (Å²) in [6.45, 7) is 0.380. The molecule has 0 fully saturated rings. The molecule has 4 aromatic rings. The van der Waals surface area contributed by atoms with Crippen LogP contribution in [0.25, 0.3) is 22.6 Å². The van der Waals surface area contributed by atoms with Gasteiger partial charge in [-0.1, -0.05) is 12.1 Å². The van der Waals surface area contributed by atoms with Crippen molar-refractivity contribution in [3.05, 3.63) is 65.7 Å². The summed E-state index contributed by atoms with van der Waals surface area (Å²) < 4.78 is 31.4. The lowest BCUT2D eigenvalue weighted by Gasteiger charge is -2.10. The van der Waals surface area contributed by atoms with Gasteiger partial charge in [0.1, 0.15) is 11.6 Å². The highest BCUT2D eigenvalue weighted by atomic mass is 19.1. The van der Waals surface area contributed by atoms with Gasteiger partial charge in [0.2, 0.25) is 5.65 Å². The number of anilines is 1. The molecule has 0 saturated carbocycles. The van der Waals surface area contributed by atoms with Crippen LogP contribution >= 0.6 is 0 Å². The van der Waals surface area contributed by atoms with E-state index in [1.165, 1.54) is 31.4 Å². The molecule has 0 aliphatic carbocycles. The second kappa shape index (κ2) is 7.47. The molecule has 0 unspecified atom stereocenters. The minimum atomic E-state index is -0.354. The molecule has 4 rings (SSSR count). The fourth-order valence-corrected chi connectivity index (χ4v) is 2.54. The lowest BCUT2D eigenvalue weighted by atomic mass is 10.2. The predicted octanol–water partition coefficient (Wildman–Crippen LogP) is 3.38. The second-order valence-electron chi connectivity index (χ2n) is 5.85. The highest BCUT2D eigenvalue weighted by molar-refractivity contribution is 5.83. The summed E-state index contributed by atoms with van der Waals surface area (Å²) in [6.07, 6.45) is 0. The topological polar surface area (TPSA) is 85.7 Å². The van der Waals surface area contributed by atoms with Gasteiger partial charge in [-0.15, -0.1) is 10.2 Å². The summed E-state index contributed by atoms with van der Waals surface area (Å²) in [6, 6.07) is 12.0. The minimum absolute atomic E-state index is 0.111. The molecular weight excluding hydrogens is 366 g/mol. The molecule has 9 heteroatoms. The maximum Gasteiger partial charge on any atom is 0.320 e. The molecule has 0 radical (unpaired) electrons. The van der Waals surface area contributed by atoms with Gasteiger partial charge in [-0.05, 0) is 42.0 Å². The van der Waals surface area contributed by atoms with Gasteiger partial charge in [0.25, 0.3) is 0 Å². The van der Waals surface area contributed by atoms with E-state index in [1.54, 1.807) is 24.3 Å². The Hall–Kier alpha value is -3.75. The molecule has 7 nitrogen and oxygen atoms in total. The molecule has 140 valence electrons. The van der Waals surface area contributed by atoms with Gasteiger partial charge < -0.3 is 10.1 Å². The van der Waals surface area contributed by atoms with E-state index in [0.29, 0.717) is 29.3 Å². The van der Waals surface area contributed by atoms with E-state index in [4.69, 9.17) is 4.74 Å². The zero-order valence-corrected chi connectivity index (χ0v) is 14.7. The van der Waals surface area contributed by atoms with Gasteiger partial charge in [-0.3, -0.25) is 0 Å². The van der Waals surface area contributed by atoms with Gasteiger partial charge >= 0.3 is 6.01 Å². The summed E-state index contributed by atoms with van der Waals surface area (Å²) in [5.41, 5.74) is 2.10. The molecule has 1 N–H and O–H groups in total. The molecule has 28 heavy (non-hydrogen) atoms. The third kappa shape index (κ3) is 3.68. The Morgan fingerprint density at radius 3 is 2.21 bits per heavy atom. The summed E-state index contributed by atoms with van der Waals surface area (Å²) in [4.78, 5) is 12.9. The minimum Gasteiger partial charge on any atom is -0.467 e. The number of benzene rings is 2. The molecule has 2 aromatic heterocycles. The van der Waals surface area contributed by atoms with Crippen molar-refractivity contribution in [2.24, 2.45) is 0 Å². The van der Waals surface area contributed by atoms with E-state index in [9.17, 15) is 8.78 Å². The number of hydrogen-bond acceptors (Lipinski definition) is 7. The van der Waals surface area contributed by atoms with Crippen LogP contribution in [0.4, 0.5) is 14.6 Å².